The highest BCUT2D eigenvalue weighted by molar-refractivity contribution is 7.08. The lowest BCUT2D eigenvalue weighted by molar-refractivity contribution is -0.137. The minimum atomic E-state index is -0.856. The van der Waals surface area contributed by atoms with E-state index in [2.05, 4.69) is 5.32 Å². The molecule has 1 aromatic heterocycles. The first-order valence-electron chi connectivity index (χ1n) is 5.48. The minimum absolute atomic E-state index is 0.0249. The van der Waals surface area contributed by atoms with Gasteiger partial charge in [-0.3, -0.25) is 4.79 Å². The molecular weight excluding hydrogens is 240 g/mol. The maximum Gasteiger partial charge on any atom is 0.322 e. The number of nitrogens with zero attached hydrogens (tertiary/aromatic N) is 1. The molecule has 1 atom stereocenters. The summed E-state index contributed by atoms with van der Waals surface area (Å²) in [7, 11) is 0. The van der Waals surface area contributed by atoms with Crippen molar-refractivity contribution in [3.63, 3.8) is 0 Å². The molecule has 1 aromatic rings. The predicted molar refractivity (Wildman–Crippen MR) is 65.3 cm³/mol. The Labute approximate surface area is 103 Å². The minimum Gasteiger partial charge on any atom is -0.481 e. The molecule has 17 heavy (non-hydrogen) atoms. The molecule has 0 aliphatic carbocycles. The zero-order valence-corrected chi connectivity index (χ0v) is 10.1. The van der Waals surface area contributed by atoms with Crippen LogP contribution in [0.2, 0.25) is 0 Å². The summed E-state index contributed by atoms with van der Waals surface area (Å²) in [5, 5.41) is 15.3. The largest absolute Gasteiger partial charge is 0.481 e. The topological polar surface area (TPSA) is 69.6 Å². The summed E-state index contributed by atoms with van der Waals surface area (Å²) >= 11 is 1.51. The molecule has 1 aliphatic heterocycles. The highest BCUT2D eigenvalue weighted by Gasteiger charge is 2.30. The summed E-state index contributed by atoms with van der Waals surface area (Å²) < 4.78 is 0. The molecule has 0 bridgehead atoms. The molecule has 1 unspecified atom stereocenters. The molecule has 1 fully saturated rings. The molecule has 6 heteroatoms. The number of rotatable bonds is 3. The van der Waals surface area contributed by atoms with Crippen molar-refractivity contribution < 1.29 is 14.7 Å². The van der Waals surface area contributed by atoms with Gasteiger partial charge in [0.1, 0.15) is 0 Å². The molecule has 1 saturated heterocycles. The van der Waals surface area contributed by atoms with Gasteiger partial charge in [-0.25, -0.2) is 4.79 Å². The number of carboxylic acids is 1. The number of aliphatic carboxylic acids is 1. The van der Waals surface area contributed by atoms with Crippen molar-refractivity contribution in [1.82, 2.24) is 4.90 Å². The van der Waals surface area contributed by atoms with Gasteiger partial charge in [-0.15, -0.1) is 0 Å². The second-order valence-corrected chi connectivity index (χ2v) is 4.81. The van der Waals surface area contributed by atoms with Crippen molar-refractivity contribution in [3.05, 3.63) is 16.8 Å². The molecule has 5 nitrogen and oxygen atoms in total. The highest BCUT2D eigenvalue weighted by Crippen LogP contribution is 2.22. The van der Waals surface area contributed by atoms with Gasteiger partial charge < -0.3 is 15.3 Å². The van der Waals surface area contributed by atoms with Crippen LogP contribution < -0.4 is 5.32 Å². The summed E-state index contributed by atoms with van der Waals surface area (Å²) in [4.78, 5) is 24.2. The Bertz CT molecular complexity index is 405. The van der Waals surface area contributed by atoms with E-state index in [9.17, 15) is 9.59 Å². The maximum atomic E-state index is 11.9. The van der Waals surface area contributed by atoms with E-state index in [4.69, 9.17) is 5.11 Å². The van der Waals surface area contributed by atoms with Crippen LogP contribution >= 0.6 is 11.3 Å². The SMILES string of the molecule is O=C(O)CC1CCCN1C(=O)Nc1ccsc1. The fourth-order valence-corrected chi connectivity index (χ4v) is 2.64. The van der Waals surface area contributed by atoms with Crippen molar-refractivity contribution in [2.45, 2.75) is 25.3 Å². The Balaban J connectivity index is 1.96. The van der Waals surface area contributed by atoms with Gasteiger partial charge in [0.25, 0.3) is 0 Å². The fraction of sp³-hybridized carbons (Fsp3) is 0.455. The Morgan fingerprint density at radius 1 is 1.59 bits per heavy atom. The second-order valence-electron chi connectivity index (χ2n) is 4.03. The first-order chi connectivity index (χ1) is 8.16. The summed E-state index contributed by atoms with van der Waals surface area (Å²) in [5.41, 5.74) is 0.765. The van der Waals surface area contributed by atoms with Gasteiger partial charge in [-0.2, -0.15) is 11.3 Å². The highest BCUT2D eigenvalue weighted by atomic mass is 32.1. The van der Waals surface area contributed by atoms with Crippen LogP contribution in [0.15, 0.2) is 16.8 Å². The van der Waals surface area contributed by atoms with Gasteiger partial charge in [0.05, 0.1) is 12.1 Å². The molecule has 2 N–H and O–H groups in total. The van der Waals surface area contributed by atoms with E-state index in [-0.39, 0.29) is 18.5 Å². The maximum absolute atomic E-state index is 11.9. The average molecular weight is 254 g/mol. The van der Waals surface area contributed by atoms with Gasteiger partial charge in [0.2, 0.25) is 0 Å². The van der Waals surface area contributed by atoms with Crippen molar-refractivity contribution in [2.24, 2.45) is 0 Å². The van der Waals surface area contributed by atoms with Crippen LogP contribution in [0, 0.1) is 0 Å². The Kier molecular flexibility index (Phi) is 3.63. The third-order valence-corrected chi connectivity index (χ3v) is 3.50. The number of likely N-dealkylation sites (tertiary alicyclic amines) is 1. The van der Waals surface area contributed by atoms with E-state index < -0.39 is 5.97 Å². The molecule has 2 amide bonds. The Morgan fingerprint density at radius 2 is 2.41 bits per heavy atom. The van der Waals surface area contributed by atoms with Gasteiger partial charge in [-0.1, -0.05) is 0 Å². The zero-order valence-electron chi connectivity index (χ0n) is 9.26. The molecule has 0 radical (unpaired) electrons. The number of hydrogen-bond donors (Lipinski definition) is 2. The molecule has 2 rings (SSSR count). The smallest absolute Gasteiger partial charge is 0.322 e. The molecule has 92 valence electrons. The van der Waals surface area contributed by atoms with Gasteiger partial charge in [0, 0.05) is 18.0 Å². The predicted octanol–water partition coefficient (Wildman–Crippen LogP) is 2.22. The number of amides is 2. The lowest BCUT2D eigenvalue weighted by Crippen LogP contribution is -2.39. The van der Waals surface area contributed by atoms with Gasteiger partial charge >= 0.3 is 12.0 Å². The normalized spacial score (nSPS) is 19.3. The van der Waals surface area contributed by atoms with Crippen LogP contribution in [0.25, 0.3) is 0 Å². The fourth-order valence-electron chi connectivity index (χ4n) is 2.05. The van der Waals surface area contributed by atoms with E-state index >= 15 is 0 Å². The van der Waals surface area contributed by atoms with Gasteiger partial charge in [-0.05, 0) is 24.3 Å². The lowest BCUT2D eigenvalue weighted by Gasteiger charge is -2.23. The first kappa shape index (κ1) is 11.9. The number of nitrogens with one attached hydrogen (secondary N) is 1. The first-order valence-corrected chi connectivity index (χ1v) is 6.42. The monoisotopic (exact) mass is 254 g/mol. The summed E-state index contributed by atoms with van der Waals surface area (Å²) in [6.45, 7) is 0.633. The van der Waals surface area contributed by atoms with E-state index in [1.165, 1.54) is 11.3 Å². The molecule has 1 aliphatic rings. The van der Waals surface area contributed by atoms with E-state index in [0.29, 0.717) is 6.54 Å². The van der Waals surface area contributed by atoms with Crippen molar-refractivity contribution >= 4 is 29.0 Å². The number of carbonyl (C=O) groups excluding carboxylic acids is 1. The van der Waals surface area contributed by atoms with E-state index in [1.54, 1.807) is 4.90 Å². The molecule has 2 heterocycles. The second kappa shape index (κ2) is 5.18. The third-order valence-electron chi connectivity index (χ3n) is 2.82. The van der Waals surface area contributed by atoms with Crippen molar-refractivity contribution in [1.29, 1.82) is 0 Å². The quantitative estimate of drug-likeness (QED) is 0.869. The van der Waals surface area contributed by atoms with Crippen LogP contribution in [0.4, 0.5) is 10.5 Å². The molecule has 0 aromatic carbocycles. The number of anilines is 1. The van der Waals surface area contributed by atoms with Crippen LogP contribution in [0.1, 0.15) is 19.3 Å². The van der Waals surface area contributed by atoms with E-state index in [1.807, 2.05) is 16.8 Å². The summed E-state index contributed by atoms with van der Waals surface area (Å²) in [6, 6.07) is 1.45. The summed E-state index contributed by atoms with van der Waals surface area (Å²) in [5.74, 6) is -0.856. The third kappa shape index (κ3) is 2.97. The molecular formula is C11H14N2O3S. The number of thiophene rings is 1. The van der Waals surface area contributed by atoms with Crippen LogP contribution in [0.3, 0.4) is 0 Å². The number of urea groups is 1. The Hall–Kier alpha value is -1.56. The van der Waals surface area contributed by atoms with Crippen molar-refractivity contribution in [2.75, 3.05) is 11.9 Å². The molecule has 0 saturated carbocycles. The zero-order chi connectivity index (χ0) is 12.3. The van der Waals surface area contributed by atoms with Crippen molar-refractivity contribution in [3.8, 4) is 0 Å². The Morgan fingerprint density at radius 3 is 3.06 bits per heavy atom. The number of carbonyl (C=O) groups is 2. The standard InChI is InChI=1S/C11H14N2O3S/c14-10(15)6-9-2-1-4-13(9)11(16)12-8-3-5-17-7-8/h3,5,7,9H,1-2,4,6H2,(H,12,16)(H,14,15). The number of carboxylic acid groups (broad SMARTS) is 1. The number of hydrogen-bond acceptors (Lipinski definition) is 3. The van der Waals surface area contributed by atoms with Crippen LogP contribution in [-0.4, -0.2) is 34.6 Å². The lowest BCUT2D eigenvalue weighted by atomic mass is 10.1. The van der Waals surface area contributed by atoms with Gasteiger partial charge in [0.15, 0.2) is 0 Å². The van der Waals surface area contributed by atoms with E-state index in [0.717, 1.165) is 18.5 Å². The summed E-state index contributed by atoms with van der Waals surface area (Å²) in [6.07, 6.45) is 1.66. The average Bonchev–Trinajstić information content (AvgIpc) is 2.87. The van der Waals surface area contributed by atoms with Crippen LogP contribution in [0.5, 0.6) is 0 Å². The molecule has 0 spiro atoms. The van der Waals surface area contributed by atoms with Crippen LogP contribution in [-0.2, 0) is 4.79 Å².